The van der Waals surface area contributed by atoms with E-state index in [0.717, 1.165) is 18.1 Å². The van der Waals surface area contributed by atoms with Crippen molar-refractivity contribution in [3.63, 3.8) is 0 Å². The van der Waals surface area contributed by atoms with Crippen LogP contribution in [-0.2, 0) is 6.54 Å². The quantitative estimate of drug-likeness (QED) is 0.846. The minimum Gasteiger partial charge on any atom is -0.332 e. The molecule has 0 spiro atoms. The lowest BCUT2D eigenvalue weighted by Crippen LogP contribution is -2.19. The van der Waals surface area contributed by atoms with Gasteiger partial charge in [0.05, 0.1) is 0 Å². The van der Waals surface area contributed by atoms with Gasteiger partial charge in [0.2, 0.25) is 0 Å². The van der Waals surface area contributed by atoms with E-state index in [4.69, 9.17) is 23.8 Å². The molecule has 0 radical (unpaired) electrons. The molecule has 2 N–H and O–H groups in total. The molecule has 18 heavy (non-hydrogen) atoms. The van der Waals surface area contributed by atoms with Crippen molar-refractivity contribution in [3.8, 4) is 0 Å². The van der Waals surface area contributed by atoms with Crippen molar-refractivity contribution in [2.24, 2.45) is 0 Å². The van der Waals surface area contributed by atoms with Gasteiger partial charge >= 0.3 is 0 Å². The first kappa shape index (κ1) is 12.9. The fourth-order valence-electron chi connectivity index (χ4n) is 1.42. The van der Waals surface area contributed by atoms with Crippen LogP contribution in [0.4, 0.5) is 11.5 Å². The Morgan fingerprint density at radius 1 is 1.28 bits per heavy atom. The van der Waals surface area contributed by atoms with Gasteiger partial charge in [-0.2, -0.15) is 5.10 Å². The van der Waals surface area contributed by atoms with Crippen LogP contribution in [0.25, 0.3) is 0 Å². The van der Waals surface area contributed by atoms with Gasteiger partial charge in [0.1, 0.15) is 0 Å². The molecule has 0 fully saturated rings. The van der Waals surface area contributed by atoms with Gasteiger partial charge in [-0.1, -0.05) is 11.6 Å². The second-order valence-electron chi connectivity index (χ2n) is 3.64. The number of aromatic nitrogens is 2. The Bertz CT molecular complexity index is 535. The van der Waals surface area contributed by atoms with E-state index in [1.807, 2.05) is 36.0 Å². The topological polar surface area (TPSA) is 41.9 Å². The van der Waals surface area contributed by atoms with Crippen molar-refractivity contribution < 1.29 is 0 Å². The number of thiocarbonyl (C=S) groups is 1. The average Bonchev–Trinajstić information content (AvgIpc) is 2.79. The molecule has 0 bridgehead atoms. The Kier molecular flexibility index (Phi) is 4.17. The Morgan fingerprint density at radius 3 is 2.61 bits per heavy atom. The van der Waals surface area contributed by atoms with E-state index in [9.17, 15) is 0 Å². The molecule has 1 aromatic carbocycles. The van der Waals surface area contributed by atoms with Crippen molar-refractivity contribution in [1.29, 1.82) is 0 Å². The summed E-state index contributed by atoms with van der Waals surface area (Å²) in [5.41, 5.74) is 0.881. The van der Waals surface area contributed by atoms with Crippen molar-refractivity contribution in [2.45, 2.75) is 13.5 Å². The summed E-state index contributed by atoms with van der Waals surface area (Å²) < 4.78 is 1.83. The lowest BCUT2D eigenvalue weighted by molar-refractivity contribution is 0.662. The molecule has 1 aromatic heterocycles. The Balaban J connectivity index is 1.94. The van der Waals surface area contributed by atoms with Crippen LogP contribution in [0.15, 0.2) is 36.5 Å². The minimum atomic E-state index is 0.499. The number of nitrogens with zero attached hydrogens (tertiary/aromatic N) is 2. The predicted octanol–water partition coefficient (Wildman–Crippen LogP) is 3.37. The average molecular weight is 281 g/mol. The van der Waals surface area contributed by atoms with Crippen LogP contribution >= 0.6 is 23.8 Å². The fourth-order valence-corrected chi connectivity index (χ4v) is 1.76. The molecule has 0 aliphatic rings. The Labute approximate surface area is 116 Å². The number of hydrogen-bond donors (Lipinski definition) is 2. The van der Waals surface area contributed by atoms with Gasteiger partial charge in [0.15, 0.2) is 10.9 Å². The standard InChI is InChI=1S/C12H13ClN4S/c1-2-17-8-7-11(16-17)15-12(18)14-10-5-3-9(13)4-6-10/h3-8H,2H2,1H3,(H2,14,15,16,18). The Hall–Kier alpha value is -1.59. The molecule has 94 valence electrons. The van der Waals surface area contributed by atoms with Gasteiger partial charge in [-0.25, -0.2) is 0 Å². The third kappa shape index (κ3) is 3.45. The van der Waals surface area contributed by atoms with E-state index in [0.29, 0.717) is 10.1 Å². The molecular weight excluding hydrogens is 268 g/mol. The van der Waals surface area contributed by atoms with Gasteiger partial charge in [0, 0.05) is 29.5 Å². The summed E-state index contributed by atoms with van der Waals surface area (Å²) in [4.78, 5) is 0. The van der Waals surface area contributed by atoms with Crippen molar-refractivity contribution in [3.05, 3.63) is 41.6 Å². The van der Waals surface area contributed by atoms with Crippen LogP contribution in [0.5, 0.6) is 0 Å². The first-order valence-electron chi connectivity index (χ1n) is 5.54. The number of aryl methyl sites for hydroxylation is 1. The second-order valence-corrected chi connectivity index (χ2v) is 4.49. The predicted molar refractivity (Wildman–Crippen MR) is 79.2 cm³/mol. The van der Waals surface area contributed by atoms with Gasteiger partial charge in [0.25, 0.3) is 0 Å². The van der Waals surface area contributed by atoms with E-state index in [1.54, 1.807) is 12.1 Å². The van der Waals surface area contributed by atoms with E-state index < -0.39 is 0 Å². The third-order valence-electron chi connectivity index (χ3n) is 2.31. The maximum Gasteiger partial charge on any atom is 0.176 e. The van der Waals surface area contributed by atoms with Crippen LogP contribution in [0.1, 0.15) is 6.92 Å². The maximum atomic E-state index is 5.81. The zero-order valence-corrected chi connectivity index (χ0v) is 11.4. The van der Waals surface area contributed by atoms with Crippen LogP contribution in [0, 0.1) is 0 Å². The van der Waals surface area contributed by atoms with Crippen molar-refractivity contribution >= 4 is 40.4 Å². The van der Waals surface area contributed by atoms with Crippen LogP contribution < -0.4 is 10.6 Å². The zero-order valence-electron chi connectivity index (χ0n) is 9.85. The molecule has 2 rings (SSSR count). The summed E-state index contributed by atoms with van der Waals surface area (Å²) in [5.74, 6) is 0.725. The fraction of sp³-hybridized carbons (Fsp3) is 0.167. The summed E-state index contributed by atoms with van der Waals surface area (Å²) in [6.07, 6.45) is 1.90. The molecule has 0 atom stereocenters. The zero-order chi connectivity index (χ0) is 13.0. The van der Waals surface area contributed by atoms with E-state index in [2.05, 4.69) is 15.7 Å². The highest BCUT2D eigenvalue weighted by atomic mass is 35.5. The van der Waals surface area contributed by atoms with Gasteiger partial charge in [-0.05, 0) is 43.4 Å². The molecular formula is C12H13ClN4S. The van der Waals surface area contributed by atoms with E-state index in [1.165, 1.54) is 0 Å². The normalized spacial score (nSPS) is 10.1. The highest BCUT2D eigenvalue weighted by Crippen LogP contribution is 2.13. The molecule has 0 saturated carbocycles. The highest BCUT2D eigenvalue weighted by Gasteiger charge is 2.01. The highest BCUT2D eigenvalue weighted by molar-refractivity contribution is 7.80. The number of nitrogens with one attached hydrogen (secondary N) is 2. The summed E-state index contributed by atoms with van der Waals surface area (Å²) >= 11 is 11.0. The summed E-state index contributed by atoms with van der Waals surface area (Å²) in [6.45, 7) is 2.86. The smallest absolute Gasteiger partial charge is 0.176 e. The molecule has 0 unspecified atom stereocenters. The second kappa shape index (κ2) is 5.84. The molecule has 0 aliphatic heterocycles. The van der Waals surface area contributed by atoms with Gasteiger partial charge in [-0.3, -0.25) is 4.68 Å². The molecule has 1 heterocycles. The van der Waals surface area contributed by atoms with E-state index in [-0.39, 0.29) is 0 Å². The largest absolute Gasteiger partial charge is 0.332 e. The molecule has 0 amide bonds. The lowest BCUT2D eigenvalue weighted by atomic mass is 10.3. The van der Waals surface area contributed by atoms with Crippen LogP contribution in [-0.4, -0.2) is 14.9 Å². The molecule has 0 aliphatic carbocycles. The van der Waals surface area contributed by atoms with Gasteiger partial charge in [-0.15, -0.1) is 0 Å². The SMILES string of the molecule is CCn1ccc(NC(=S)Nc2ccc(Cl)cc2)n1. The first-order chi connectivity index (χ1) is 8.67. The number of hydrogen-bond acceptors (Lipinski definition) is 2. The molecule has 6 heteroatoms. The summed E-state index contributed by atoms with van der Waals surface area (Å²) in [5, 5.41) is 11.5. The number of benzene rings is 1. The Morgan fingerprint density at radius 2 is 2.00 bits per heavy atom. The lowest BCUT2D eigenvalue weighted by Gasteiger charge is -2.08. The number of rotatable bonds is 3. The molecule has 0 saturated heterocycles. The van der Waals surface area contributed by atoms with Crippen molar-refractivity contribution in [2.75, 3.05) is 10.6 Å². The number of halogens is 1. The molecule has 4 nitrogen and oxygen atoms in total. The van der Waals surface area contributed by atoms with Crippen LogP contribution in [0.2, 0.25) is 5.02 Å². The maximum absolute atomic E-state index is 5.81. The first-order valence-corrected chi connectivity index (χ1v) is 6.33. The van der Waals surface area contributed by atoms with Crippen molar-refractivity contribution in [1.82, 2.24) is 9.78 Å². The third-order valence-corrected chi connectivity index (χ3v) is 2.76. The minimum absolute atomic E-state index is 0.499. The summed E-state index contributed by atoms with van der Waals surface area (Å²) in [6, 6.07) is 9.21. The number of anilines is 2. The van der Waals surface area contributed by atoms with Crippen LogP contribution in [0.3, 0.4) is 0 Å². The molecule has 2 aromatic rings. The van der Waals surface area contributed by atoms with E-state index >= 15 is 0 Å². The monoisotopic (exact) mass is 280 g/mol. The van der Waals surface area contributed by atoms with Gasteiger partial charge < -0.3 is 10.6 Å². The summed E-state index contributed by atoms with van der Waals surface area (Å²) in [7, 11) is 0.